The summed E-state index contributed by atoms with van der Waals surface area (Å²) in [5.74, 6) is 0.834. The molecule has 5 heteroatoms. The van der Waals surface area contributed by atoms with Crippen LogP contribution in [0.3, 0.4) is 0 Å². The molecule has 0 spiro atoms. The Morgan fingerprint density at radius 1 is 1.04 bits per heavy atom. The van der Waals surface area contributed by atoms with Crippen molar-refractivity contribution in [1.82, 2.24) is 5.32 Å². The summed E-state index contributed by atoms with van der Waals surface area (Å²) in [7, 11) is 1.91. The fourth-order valence-electron chi connectivity index (χ4n) is 2.94. The average molecular weight is 322 g/mol. The van der Waals surface area contributed by atoms with Gasteiger partial charge in [-0.2, -0.15) is 0 Å². The number of para-hydroxylation sites is 1. The Morgan fingerprint density at radius 2 is 1.79 bits per heavy atom. The van der Waals surface area contributed by atoms with Crippen LogP contribution in [0.2, 0.25) is 0 Å². The molecule has 0 fully saturated rings. The lowest BCUT2D eigenvalue weighted by molar-refractivity contribution is 0.0922. The minimum atomic E-state index is -0.387. The van der Waals surface area contributed by atoms with Crippen molar-refractivity contribution >= 4 is 11.6 Å². The van der Waals surface area contributed by atoms with E-state index in [1.54, 1.807) is 18.2 Å². The first kappa shape index (κ1) is 14.5. The second kappa shape index (κ2) is 5.53. The molecule has 1 aromatic heterocycles. The summed E-state index contributed by atoms with van der Waals surface area (Å²) in [5.41, 5.74) is 2.28. The van der Waals surface area contributed by atoms with Gasteiger partial charge in [0, 0.05) is 12.6 Å². The molecule has 2 heterocycles. The third-order valence-electron chi connectivity index (χ3n) is 4.21. The van der Waals surface area contributed by atoms with E-state index in [2.05, 4.69) is 5.32 Å². The lowest BCUT2D eigenvalue weighted by Crippen LogP contribution is -2.44. The van der Waals surface area contributed by atoms with Crippen LogP contribution in [0.25, 0.3) is 11.3 Å². The number of carbonyl (C=O) groups excluding carboxylic acids is 1. The van der Waals surface area contributed by atoms with Gasteiger partial charge in [-0.25, -0.2) is 4.39 Å². The molecular formula is C19H15FN2O2. The van der Waals surface area contributed by atoms with Crippen LogP contribution in [-0.4, -0.2) is 13.0 Å². The van der Waals surface area contributed by atoms with Crippen molar-refractivity contribution in [3.05, 3.63) is 77.8 Å². The highest BCUT2D eigenvalue weighted by molar-refractivity contribution is 6.01. The summed E-state index contributed by atoms with van der Waals surface area (Å²) < 4.78 is 19.0. The van der Waals surface area contributed by atoms with Gasteiger partial charge in [-0.05, 0) is 48.5 Å². The van der Waals surface area contributed by atoms with Gasteiger partial charge in [-0.1, -0.05) is 12.1 Å². The Hall–Kier alpha value is -3.08. The van der Waals surface area contributed by atoms with Crippen LogP contribution in [-0.2, 0) is 0 Å². The van der Waals surface area contributed by atoms with Gasteiger partial charge < -0.3 is 14.6 Å². The van der Waals surface area contributed by atoms with E-state index in [1.165, 1.54) is 12.1 Å². The number of rotatable bonds is 2. The van der Waals surface area contributed by atoms with Gasteiger partial charge in [0.05, 0.1) is 11.3 Å². The van der Waals surface area contributed by atoms with Crippen LogP contribution >= 0.6 is 0 Å². The average Bonchev–Trinajstić information content (AvgIpc) is 3.08. The van der Waals surface area contributed by atoms with E-state index in [0.29, 0.717) is 17.1 Å². The smallest absolute Gasteiger partial charge is 0.255 e. The second-order valence-corrected chi connectivity index (χ2v) is 5.71. The monoisotopic (exact) mass is 322 g/mol. The summed E-state index contributed by atoms with van der Waals surface area (Å²) >= 11 is 0. The van der Waals surface area contributed by atoms with E-state index >= 15 is 0 Å². The number of nitrogens with one attached hydrogen (secondary N) is 1. The summed E-state index contributed by atoms with van der Waals surface area (Å²) in [6.45, 7) is 0. The highest BCUT2D eigenvalue weighted by atomic mass is 19.1. The molecule has 0 aliphatic carbocycles. The molecule has 4 nitrogen and oxygen atoms in total. The zero-order chi connectivity index (χ0) is 16.7. The van der Waals surface area contributed by atoms with Crippen molar-refractivity contribution in [2.45, 2.75) is 6.17 Å². The molecule has 4 rings (SSSR count). The lowest BCUT2D eigenvalue weighted by atomic mass is 10.1. The number of nitrogens with zero attached hydrogens (tertiary/aromatic N) is 1. The summed E-state index contributed by atoms with van der Waals surface area (Å²) in [4.78, 5) is 14.3. The van der Waals surface area contributed by atoms with E-state index in [4.69, 9.17) is 4.42 Å². The third kappa shape index (κ3) is 2.34. The predicted octanol–water partition coefficient (Wildman–Crippen LogP) is 3.96. The molecule has 1 unspecified atom stereocenters. The van der Waals surface area contributed by atoms with Crippen LogP contribution in [0.15, 0.2) is 65.1 Å². The number of amides is 1. The van der Waals surface area contributed by atoms with Gasteiger partial charge in [-0.15, -0.1) is 0 Å². The normalized spacial score (nSPS) is 16.7. The Balaban J connectivity index is 1.68. The maximum absolute atomic E-state index is 13.0. The first-order valence-electron chi connectivity index (χ1n) is 7.62. The number of halogens is 1. The minimum absolute atomic E-state index is 0.131. The molecule has 1 amide bonds. The van der Waals surface area contributed by atoms with Crippen LogP contribution in [0.5, 0.6) is 0 Å². The molecule has 0 saturated heterocycles. The lowest BCUT2D eigenvalue weighted by Gasteiger charge is -2.34. The summed E-state index contributed by atoms with van der Waals surface area (Å²) in [6, 6.07) is 17.2. The fourth-order valence-corrected chi connectivity index (χ4v) is 2.94. The molecule has 2 aromatic carbocycles. The van der Waals surface area contributed by atoms with E-state index in [9.17, 15) is 9.18 Å². The first-order valence-corrected chi connectivity index (χ1v) is 7.62. The van der Waals surface area contributed by atoms with E-state index in [-0.39, 0.29) is 17.9 Å². The van der Waals surface area contributed by atoms with Crippen molar-refractivity contribution in [2.24, 2.45) is 0 Å². The van der Waals surface area contributed by atoms with Gasteiger partial charge in [-0.3, -0.25) is 4.79 Å². The molecule has 3 aromatic rings. The zero-order valence-electron chi connectivity index (χ0n) is 13.0. The topological polar surface area (TPSA) is 45.5 Å². The number of hydrogen-bond acceptors (Lipinski definition) is 3. The maximum atomic E-state index is 13.0. The molecular weight excluding hydrogens is 307 g/mol. The van der Waals surface area contributed by atoms with Crippen molar-refractivity contribution in [3.8, 4) is 11.3 Å². The molecule has 1 aliphatic rings. The quantitative estimate of drug-likeness (QED) is 0.776. The molecule has 0 radical (unpaired) electrons. The van der Waals surface area contributed by atoms with Gasteiger partial charge in [0.15, 0.2) is 6.17 Å². The van der Waals surface area contributed by atoms with Gasteiger partial charge in [0.25, 0.3) is 5.91 Å². The van der Waals surface area contributed by atoms with Crippen molar-refractivity contribution in [2.75, 3.05) is 11.9 Å². The van der Waals surface area contributed by atoms with Gasteiger partial charge >= 0.3 is 0 Å². The largest absolute Gasteiger partial charge is 0.457 e. The van der Waals surface area contributed by atoms with Crippen molar-refractivity contribution < 1.29 is 13.6 Å². The minimum Gasteiger partial charge on any atom is -0.457 e. The molecule has 1 aliphatic heterocycles. The number of carbonyl (C=O) groups is 1. The summed E-state index contributed by atoms with van der Waals surface area (Å²) in [6.07, 6.45) is -0.387. The number of anilines is 1. The first-order chi connectivity index (χ1) is 11.6. The Kier molecular flexibility index (Phi) is 3.34. The Morgan fingerprint density at radius 3 is 2.58 bits per heavy atom. The van der Waals surface area contributed by atoms with Crippen LogP contribution in [0, 0.1) is 5.82 Å². The third-order valence-corrected chi connectivity index (χ3v) is 4.21. The summed E-state index contributed by atoms with van der Waals surface area (Å²) in [5, 5.41) is 2.95. The SMILES string of the molecule is CN1c2ccccc2C(=O)NC1c1ccc(-c2ccc(F)cc2)o1. The highest BCUT2D eigenvalue weighted by Gasteiger charge is 2.31. The van der Waals surface area contributed by atoms with Crippen LogP contribution in [0.4, 0.5) is 10.1 Å². The Labute approximate surface area is 138 Å². The van der Waals surface area contributed by atoms with Gasteiger partial charge in [0.1, 0.15) is 17.3 Å². The standard InChI is InChI=1S/C19H15FN2O2/c1-22-15-5-3-2-4-14(15)19(23)21-18(22)17-11-10-16(24-17)12-6-8-13(20)9-7-12/h2-11,18H,1H3,(H,21,23). The molecule has 24 heavy (non-hydrogen) atoms. The molecule has 0 saturated carbocycles. The molecule has 0 bridgehead atoms. The van der Waals surface area contributed by atoms with Crippen LogP contribution < -0.4 is 10.2 Å². The van der Waals surface area contributed by atoms with Gasteiger partial charge in [0.2, 0.25) is 0 Å². The maximum Gasteiger partial charge on any atom is 0.255 e. The number of furan rings is 1. The molecule has 1 atom stereocenters. The van der Waals surface area contributed by atoms with Crippen molar-refractivity contribution in [1.29, 1.82) is 0 Å². The molecule has 120 valence electrons. The fraction of sp³-hybridized carbons (Fsp3) is 0.105. The van der Waals surface area contributed by atoms with Crippen LogP contribution in [0.1, 0.15) is 22.3 Å². The highest BCUT2D eigenvalue weighted by Crippen LogP contribution is 2.33. The van der Waals surface area contributed by atoms with E-state index in [0.717, 1.165) is 11.3 Å². The number of benzene rings is 2. The van der Waals surface area contributed by atoms with E-state index in [1.807, 2.05) is 42.3 Å². The number of hydrogen-bond donors (Lipinski definition) is 1. The predicted molar refractivity (Wildman–Crippen MR) is 89.2 cm³/mol. The Bertz CT molecular complexity index is 902. The number of fused-ring (bicyclic) bond motifs is 1. The zero-order valence-corrected chi connectivity index (χ0v) is 13.0. The molecule has 1 N–H and O–H groups in total. The second-order valence-electron chi connectivity index (χ2n) is 5.71. The van der Waals surface area contributed by atoms with E-state index < -0.39 is 0 Å². The van der Waals surface area contributed by atoms with Crippen molar-refractivity contribution in [3.63, 3.8) is 0 Å².